The van der Waals surface area contributed by atoms with Gasteiger partial charge < -0.3 is 0 Å². The predicted molar refractivity (Wildman–Crippen MR) is 77.8 cm³/mol. The molecular weight excluding hydrogens is 234 g/mol. The maximum absolute atomic E-state index is 9.12. The Morgan fingerprint density at radius 3 is 2.32 bits per heavy atom. The van der Waals surface area contributed by atoms with Gasteiger partial charge in [0.25, 0.3) is 0 Å². The third-order valence-electron chi connectivity index (χ3n) is 3.85. The Hall–Kier alpha value is -1.37. The Morgan fingerprint density at radius 2 is 1.74 bits per heavy atom. The van der Waals surface area contributed by atoms with Crippen LogP contribution in [0.25, 0.3) is 0 Å². The number of benzene rings is 1. The van der Waals surface area contributed by atoms with Crippen molar-refractivity contribution in [2.24, 2.45) is 0 Å². The van der Waals surface area contributed by atoms with E-state index in [1.54, 1.807) is 0 Å². The zero-order chi connectivity index (χ0) is 13.9. The van der Waals surface area contributed by atoms with E-state index in [0.717, 1.165) is 43.9 Å². The first-order valence-corrected chi connectivity index (χ1v) is 6.96. The van der Waals surface area contributed by atoms with Crippen molar-refractivity contribution in [2.75, 3.05) is 26.2 Å². The van der Waals surface area contributed by atoms with Gasteiger partial charge in [0.05, 0.1) is 11.6 Å². The van der Waals surface area contributed by atoms with Crippen molar-refractivity contribution in [3.05, 3.63) is 35.4 Å². The van der Waals surface area contributed by atoms with Crippen LogP contribution in [0, 0.1) is 11.3 Å². The van der Waals surface area contributed by atoms with Crippen LogP contribution in [0.2, 0.25) is 0 Å². The Kier molecular flexibility index (Phi) is 4.24. The van der Waals surface area contributed by atoms with Crippen LogP contribution >= 0.6 is 0 Å². The highest BCUT2D eigenvalue weighted by Gasteiger charge is 2.25. The van der Waals surface area contributed by atoms with E-state index in [2.05, 4.69) is 42.7 Å². The normalized spacial score (nSPS) is 18.2. The van der Waals surface area contributed by atoms with Crippen molar-refractivity contribution >= 4 is 0 Å². The second-order valence-corrected chi connectivity index (χ2v) is 6.20. The number of hydrogen-bond acceptors (Lipinski definition) is 3. The second kappa shape index (κ2) is 5.73. The summed E-state index contributed by atoms with van der Waals surface area (Å²) in [5, 5.41) is 9.12. The van der Waals surface area contributed by atoms with Gasteiger partial charge >= 0.3 is 0 Å². The van der Waals surface area contributed by atoms with Crippen LogP contribution < -0.4 is 0 Å². The van der Waals surface area contributed by atoms with Crippen molar-refractivity contribution in [3.8, 4) is 6.07 Å². The summed E-state index contributed by atoms with van der Waals surface area (Å²) >= 11 is 0. The molecule has 0 spiro atoms. The molecule has 0 unspecified atom stereocenters. The maximum Gasteiger partial charge on any atom is 0.0995 e. The van der Waals surface area contributed by atoms with E-state index in [1.165, 1.54) is 0 Å². The third kappa shape index (κ3) is 3.56. The first-order chi connectivity index (χ1) is 9.00. The molecule has 0 saturated carbocycles. The van der Waals surface area contributed by atoms with Gasteiger partial charge in [-0.2, -0.15) is 5.26 Å². The Bertz CT molecular complexity index is 460. The molecule has 2 rings (SSSR count). The number of hydrogen-bond donors (Lipinski definition) is 0. The van der Waals surface area contributed by atoms with Crippen molar-refractivity contribution in [1.82, 2.24) is 9.80 Å². The highest BCUT2D eigenvalue weighted by molar-refractivity contribution is 5.37. The minimum absolute atomic E-state index is 0.261. The predicted octanol–water partition coefficient (Wildman–Crippen LogP) is 2.47. The molecule has 0 aliphatic carbocycles. The Balaban J connectivity index is 1.95. The zero-order valence-electron chi connectivity index (χ0n) is 12.2. The van der Waals surface area contributed by atoms with E-state index in [1.807, 2.05) is 18.2 Å². The van der Waals surface area contributed by atoms with Gasteiger partial charge in [-0.05, 0) is 32.4 Å². The molecule has 1 saturated heterocycles. The molecule has 1 aliphatic rings. The molecule has 1 aromatic carbocycles. The molecule has 0 amide bonds. The van der Waals surface area contributed by atoms with Crippen LogP contribution in [-0.2, 0) is 6.54 Å². The van der Waals surface area contributed by atoms with Gasteiger partial charge in [-0.3, -0.25) is 9.80 Å². The van der Waals surface area contributed by atoms with Crippen LogP contribution in [0.15, 0.2) is 24.3 Å². The molecule has 102 valence electrons. The summed E-state index contributed by atoms with van der Waals surface area (Å²) in [4.78, 5) is 4.97. The van der Waals surface area contributed by atoms with E-state index < -0.39 is 0 Å². The van der Waals surface area contributed by atoms with Gasteiger partial charge in [-0.1, -0.05) is 18.2 Å². The highest BCUT2D eigenvalue weighted by Crippen LogP contribution is 2.18. The van der Waals surface area contributed by atoms with E-state index in [4.69, 9.17) is 5.26 Å². The molecule has 1 aliphatic heterocycles. The lowest BCUT2D eigenvalue weighted by molar-refractivity contribution is 0.0590. The van der Waals surface area contributed by atoms with Crippen molar-refractivity contribution < 1.29 is 0 Å². The highest BCUT2D eigenvalue weighted by atomic mass is 15.3. The number of nitriles is 1. The average molecular weight is 257 g/mol. The van der Waals surface area contributed by atoms with E-state index in [9.17, 15) is 0 Å². The minimum Gasteiger partial charge on any atom is -0.296 e. The van der Waals surface area contributed by atoms with Crippen LogP contribution in [0.1, 0.15) is 31.9 Å². The van der Waals surface area contributed by atoms with Crippen LogP contribution in [0.5, 0.6) is 0 Å². The third-order valence-corrected chi connectivity index (χ3v) is 3.85. The maximum atomic E-state index is 9.12. The van der Waals surface area contributed by atoms with Gasteiger partial charge in [-0.15, -0.1) is 0 Å². The molecule has 0 radical (unpaired) electrons. The van der Waals surface area contributed by atoms with Crippen LogP contribution in [0.3, 0.4) is 0 Å². The smallest absolute Gasteiger partial charge is 0.0995 e. The van der Waals surface area contributed by atoms with Crippen LogP contribution in [0.4, 0.5) is 0 Å². The lowest BCUT2D eigenvalue weighted by Gasteiger charge is -2.42. The first-order valence-electron chi connectivity index (χ1n) is 6.96. The quantitative estimate of drug-likeness (QED) is 0.815. The Labute approximate surface area is 116 Å². The summed E-state index contributed by atoms with van der Waals surface area (Å²) in [7, 11) is 0. The summed E-state index contributed by atoms with van der Waals surface area (Å²) in [6, 6.07) is 10.2. The molecule has 3 nitrogen and oxygen atoms in total. The number of piperazine rings is 1. The lowest BCUT2D eigenvalue weighted by atomic mass is 10.0. The topological polar surface area (TPSA) is 30.3 Å². The average Bonchev–Trinajstić information content (AvgIpc) is 2.39. The lowest BCUT2D eigenvalue weighted by Crippen LogP contribution is -2.53. The minimum atomic E-state index is 0.261. The Morgan fingerprint density at radius 1 is 1.11 bits per heavy atom. The SMILES string of the molecule is CC(C)(C)N1CCN(Cc2ccccc2C#N)CC1. The van der Waals surface area contributed by atoms with Crippen molar-refractivity contribution in [3.63, 3.8) is 0 Å². The molecule has 3 heteroatoms. The molecule has 0 aromatic heterocycles. The molecule has 0 atom stereocenters. The summed E-state index contributed by atoms with van der Waals surface area (Å²) in [6.45, 7) is 12.1. The van der Waals surface area contributed by atoms with E-state index in [-0.39, 0.29) is 5.54 Å². The van der Waals surface area contributed by atoms with Gasteiger partial charge in [-0.25, -0.2) is 0 Å². The molecule has 1 heterocycles. The fourth-order valence-corrected chi connectivity index (χ4v) is 2.58. The molecule has 0 N–H and O–H groups in total. The van der Waals surface area contributed by atoms with Gasteiger partial charge in [0.1, 0.15) is 0 Å². The fourth-order valence-electron chi connectivity index (χ4n) is 2.58. The molecular formula is C16H23N3. The van der Waals surface area contributed by atoms with Crippen LogP contribution in [-0.4, -0.2) is 41.5 Å². The fraction of sp³-hybridized carbons (Fsp3) is 0.562. The molecule has 19 heavy (non-hydrogen) atoms. The first kappa shape index (κ1) is 14.0. The molecule has 0 bridgehead atoms. The van der Waals surface area contributed by atoms with Gasteiger partial charge in [0, 0.05) is 38.3 Å². The van der Waals surface area contributed by atoms with Gasteiger partial charge in [0.2, 0.25) is 0 Å². The summed E-state index contributed by atoms with van der Waals surface area (Å²) in [5.41, 5.74) is 2.21. The van der Waals surface area contributed by atoms with Crippen molar-refractivity contribution in [2.45, 2.75) is 32.9 Å². The summed E-state index contributed by atoms with van der Waals surface area (Å²) < 4.78 is 0. The van der Waals surface area contributed by atoms with E-state index in [0.29, 0.717) is 0 Å². The van der Waals surface area contributed by atoms with Crippen molar-refractivity contribution in [1.29, 1.82) is 5.26 Å². The van der Waals surface area contributed by atoms with Gasteiger partial charge in [0.15, 0.2) is 0 Å². The standard InChI is InChI=1S/C16H23N3/c1-16(2,3)19-10-8-18(9-11-19)13-15-7-5-4-6-14(15)12-17/h4-7H,8-11,13H2,1-3H3. The zero-order valence-corrected chi connectivity index (χ0v) is 12.2. The number of rotatable bonds is 2. The summed E-state index contributed by atoms with van der Waals surface area (Å²) in [6.07, 6.45) is 0. The molecule has 1 aromatic rings. The summed E-state index contributed by atoms with van der Waals surface area (Å²) in [5.74, 6) is 0. The largest absolute Gasteiger partial charge is 0.296 e. The number of nitrogens with zero attached hydrogens (tertiary/aromatic N) is 3. The second-order valence-electron chi connectivity index (χ2n) is 6.20. The molecule has 1 fully saturated rings. The van der Waals surface area contributed by atoms with E-state index >= 15 is 0 Å². The monoisotopic (exact) mass is 257 g/mol.